The smallest absolute Gasteiger partial charge is 0.124 e. The highest BCUT2D eigenvalue weighted by atomic mass is 15.3. The lowest BCUT2D eigenvalue weighted by atomic mass is 10.1. The number of aromatic nitrogens is 2. The second kappa shape index (κ2) is 4.23. The number of nitrogens with zero attached hydrogens (tertiary/aromatic N) is 2. The fraction of sp³-hybridized carbons (Fsp3) is 0.727. The number of aryl methyl sites for hydroxylation is 2. The highest BCUT2D eigenvalue weighted by Gasteiger charge is 2.21. The molecule has 1 fully saturated rings. The third-order valence-corrected chi connectivity index (χ3v) is 3.16. The Kier molecular flexibility index (Phi) is 2.95. The average molecular weight is 208 g/mol. The summed E-state index contributed by atoms with van der Waals surface area (Å²) in [6.45, 7) is 3.03. The van der Waals surface area contributed by atoms with Crippen LogP contribution in [0.1, 0.15) is 25.0 Å². The van der Waals surface area contributed by atoms with E-state index in [-0.39, 0.29) is 0 Å². The first-order chi connectivity index (χ1) is 7.15. The van der Waals surface area contributed by atoms with Gasteiger partial charge in [0.15, 0.2) is 0 Å². The van der Waals surface area contributed by atoms with Crippen LogP contribution in [-0.4, -0.2) is 22.4 Å². The van der Waals surface area contributed by atoms with Crippen LogP contribution in [0.5, 0.6) is 0 Å². The molecule has 1 aromatic rings. The Balaban J connectivity index is 1.85. The topological polar surface area (TPSA) is 55.9 Å². The second-order valence-corrected chi connectivity index (χ2v) is 4.61. The van der Waals surface area contributed by atoms with Crippen molar-refractivity contribution in [3.05, 3.63) is 11.8 Å². The third-order valence-electron chi connectivity index (χ3n) is 3.16. The van der Waals surface area contributed by atoms with Crippen LogP contribution in [0.2, 0.25) is 0 Å². The number of nitrogens with one attached hydrogen (secondary N) is 1. The van der Waals surface area contributed by atoms with E-state index in [9.17, 15) is 0 Å². The van der Waals surface area contributed by atoms with Crippen LogP contribution in [0.15, 0.2) is 6.07 Å². The molecule has 2 atom stereocenters. The first kappa shape index (κ1) is 10.5. The summed E-state index contributed by atoms with van der Waals surface area (Å²) in [4.78, 5) is 0. The molecule has 0 bridgehead atoms. The highest BCUT2D eigenvalue weighted by Crippen LogP contribution is 2.24. The first-order valence-corrected chi connectivity index (χ1v) is 5.65. The summed E-state index contributed by atoms with van der Waals surface area (Å²) in [7, 11) is 1.97. The molecule has 0 saturated heterocycles. The van der Waals surface area contributed by atoms with E-state index in [1.165, 1.54) is 12.8 Å². The van der Waals surface area contributed by atoms with Gasteiger partial charge in [-0.25, -0.2) is 0 Å². The van der Waals surface area contributed by atoms with Crippen LogP contribution in [0, 0.1) is 12.8 Å². The Hall–Kier alpha value is -1.03. The van der Waals surface area contributed by atoms with Gasteiger partial charge in [-0.15, -0.1) is 0 Å². The molecular formula is C11H20N4. The minimum absolute atomic E-state index is 0.421. The first-order valence-electron chi connectivity index (χ1n) is 5.65. The summed E-state index contributed by atoms with van der Waals surface area (Å²) in [5.41, 5.74) is 6.94. The largest absolute Gasteiger partial charge is 0.370 e. The van der Waals surface area contributed by atoms with Crippen molar-refractivity contribution >= 4 is 5.82 Å². The molecule has 1 aliphatic rings. The quantitative estimate of drug-likeness (QED) is 0.786. The van der Waals surface area contributed by atoms with E-state index in [2.05, 4.69) is 16.5 Å². The van der Waals surface area contributed by atoms with Crippen LogP contribution >= 0.6 is 0 Å². The molecule has 84 valence electrons. The Morgan fingerprint density at radius 3 is 2.93 bits per heavy atom. The Morgan fingerprint density at radius 1 is 1.60 bits per heavy atom. The van der Waals surface area contributed by atoms with Gasteiger partial charge < -0.3 is 11.1 Å². The maximum Gasteiger partial charge on any atom is 0.124 e. The zero-order valence-electron chi connectivity index (χ0n) is 9.53. The van der Waals surface area contributed by atoms with Gasteiger partial charge in [-0.05, 0) is 32.1 Å². The lowest BCUT2D eigenvalue weighted by Gasteiger charge is -2.11. The lowest BCUT2D eigenvalue weighted by molar-refractivity contribution is 0.562. The van der Waals surface area contributed by atoms with Crippen LogP contribution in [0.3, 0.4) is 0 Å². The standard InChI is InChI=1S/C11H20N4/c1-8-5-11(15(2)14-8)13-7-9-3-4-10(12)6-9/h5,9-10,13H,3-4,6-7,12H2,1-2H3. The maximum absolute atomic E-state index is 5.88. The van der Waals surface area contributed by atoms with Crippen molar-refractivity contribution in [3.8, 4) is 0 Å². The van der Waals surface area contributed by atoms with Crippen LogP contribution in [-0.2, 0) is 7.05 Å². The molecule has 1 aliphatic carbocycles. The highest BCUT2D eigenvalue weighted by molar-refractivity contribution is 5.36. The van der Waals surface area contributed by atoms with Crippen molar-refractivity contribution in [2.24, 2.45) is 18.7 Å². The Bertz CT molecular complexity index is 331. The fourth-order valence-electron chi connectivity index (χ4n) is 2.32. The number of rotatable bonds is 3. The van der Waals surface area contributed by atoms with Crippen molar-refractivity contribution < 1.29 is 0 Å². The monoisotopic (exact) mass is 208 g/mol. The van der Waals surface area contributed by atoms with E-state index in [0.717, 1.165) is 30.4 Å². The van der Waals surface area contributed by atoms with Crippen molar-refractivity contribution in [1.29, 1.82) is 0 Å². The molecule has 0 spiro atoms. The van der Waals surface area contributed by atoms with Gasteiger partial charge in [0.2, 0.25) is 0 Å². The average Bonchev–Trinajstić information content (AvgIpc) is 2.70. The summed E-state index contributed by atoms with van der Waals surface area (Å²) in [6, 6.07) is 2.50. The summed E-state index contributed by atoms with van der Waals surface area (Å²) in [6.07, 6.45) is 3.59. The van der Waals surface area contributed by atoms with Gasteiger partial charge in [-0.3, -0.25) is 4.68 Å². The Labute approximate surface area is 90.8 Å². The number of hydrogen-bond donors (Lipinski definition) is 2. The summed E-state index contributed by atoms with van der Waals surface area (Å²) >= 11 is 0. The van der Waals surface area contributed by atoms with Crippen molar-refractivity contribution in [1.82, 2.24) is 9.78 Å². The van der Waals surface area contributed by atoms with Gasteiger partial charge in [0.05, 0.1) is 5.69 Å². The molecule has 0 radical (unpaired) electrons. The molecule has 0 aromatic carbocycles. The molecule has 4 nitrogen and oxygen atoms in total. The van der Waals surface area contributed by atoms with E-state index < -0.39 is 0 Å². The van der Waals surface area contributed by atoms with E-state index >= 15 is 0 Å². The molecule has 0 aliphatic heterocycles. The molecule has 1 saturated carbocycles. The number of hydrogen-bond acceptors (Lipinski definition) is 3. The molecule has 0 amide bonds. The van der Waals surface area contributed by atoms with E-state index in [1.54, 1.807) is 0 Å². The van der Waals surface area contributed by atoms with Crippen LogP contribution < -0.4 is 11.1 Å². The minimum atomic E-state index is 0.421. The summed E-state index contributed by atoms with van der Waals surface area (Å²) in [5, 5.41) is 7.74. The van der Waals surface area contributed by atoms with Gasteiger partial charge in [0, 0.05) is 25.7 Å². The number of nitrogens with two attached hydrogens (primary N) is 1. The second-order valence-electron chi connectivity index (χ2n) is 4.61. The zero-order chi connectivity index (χ0) is 10.8. The van der Waals surface area contributed by atoms with Crippen LogP contribution in [0.25, 0.3) is 0 Å². The summed E-state index contributed by atoms with van der Waals surface area (Å²) in [5.74, 6) is 1.84. The summed E-state index contributed by atoms with van der Waals surface area (Å²) < 4.78 is 1.89. The molecule has 1 heterocycles. The molecular weight excluding hydrogens is 188 g/mol. The molecule has 15 heavy (non-hydrogen) atoms. The molecule has 1 aromatic heterocycles. The third kappa shape index (κ3) is 2.50. The van der Waals surface area contributed by atoms with Gasteiger partial charge in [0.25, 0.3) is 0 Å². The fourth-order valence-corrected chi connectivity index (χ4v) is 2.32. The van der Waals surface area contributed by atoms with Crippen LogP contribution in [0.4, 0.5) is 5.82 Å². The van der Waals surface area contributed by atoms with Gasteiger partial charge in [-0.1, -0.05) is 0 Å². The molecule has 2 rings (SSSR count). The van der Waals surface area contributed by atoms with E-state index in [0.29, 0.717) is 6.04 Å². The SMILES string of the molecule is Cc1cc(NCC2CCC(N)C2)n(C)n1. The number of anilines is 1. The van der Waals surface area contributed by atoms with E-state index in [1.807, 2.05) is 18.7 Å². The van der Waals surface area contributed by atoms with Gasteiger partial charge in [0.1, 0.15) is 5.82 Å². The lowest BCUT2D eigenvalue weighted by Crippen LogP contribution is -2.18. The zero-order valence-corrected chi connectivity index (χ0v) is 9.53. The van der Waals surface area contributed by atoms with Crippen molar-refractivity contribution in [3.63, 3.8) is 0 Å². The van der Waals surface area contributed by atoms with E-state index in [4.69, 9.17) is 5.73 Å². The minimum Gasteiger partial charge on any atom is -0.370 e. The molecule has 2 unspecified atom stereocenters. The van der Waals surface area contributed by atoms with Gasteiger partial charge >= 0.3 is 0 Å². The maximum atomic E-state index is 5.88. The van der Waals surface area contributed by atoms with Gasteiger partial charge in [-0.2, -0.15) is 5.10 Å². The molecule has 4 heteroatoms. The normalized spacial score (nSPS) is 25.8. The molecule has 3 N–H and O–H groups in total. The Morgan fingerprint density at radius 2 is 2.40 bits per heavy atom. The van der Waals surface area contributed by atoms with Crippen molar-refractivity contribution in [2.75, 3.05) is 11.9 Å². The predicted octanol–water partition coefficient (Wildman–Crippen LogP) is 1.27. The predicted molar refractivity (Wildman–Crippen MR) is 61.8 cm³/mol. The van der Waals surface area contributed by atoms with Crippen molar-refractivity contribution in [2.45, 2.75) is 32.2 Å².